The van der Waals surface area contributed by atoms with E-state index in [0.29, 0.717) is 17.9 Å². The maximum Gasteiger partial charge on any atom is 0.269 e. The van der Waals surface area contributed by atoms with Crippen molar-refractivity contribution < 1.29 is 4.79 Å². The van der Waals surface area contributed by atoms with Gasteiger partial charge in [-0.15, -0.1) is 17.0 Å². The first-order valence-electron chi connectivity index (χ1n) is 8.55. The summed E-state index contributed by atoms with van der Waals surface area (Å²) in [6.45, 7) is 4.63. The second-order valence-electron chi connectivity index (χ2n) is 6.53. The summed E-state index contributed by atoms with van der Waals surface area (Å²) in [4.78, 5) is 12.6. The maximum atomic E-state index is 12.6. The summed E-state index contributed by atoms with van der Waals surface area (Å²) < 4.78 is 2.15. The zero-order chi connectivity index (χ0) is 18.3. The van der Waals surface area contributed by atoms with Crippen molar-refractivity contribution in [3.8, 4) is 5.69 Å². The number of amides is 1. The van der Waals surface area contributed by atoms with Crippen LogP contribution in [0, 0.1) is 19.3 Å². The summed E-state index contributed by atoms with van der Waals surface area (Å²) in [5.41, 5.74) is 8.65. The van der Waals surface area contributed by atoms with Gasteiger partial charge in [-0.1, -0.05) is 24.3 Å². The molecule has 0 saturated carbocycles. The molecule has 0 aliphatic carbocycles. The zero-order valence-corrected chi connectivity index (χ0v) is 16.9. The largest absolute Gasteiger partial charge is 0.319 e. The molecule has 5 nitrogen and oxygen atoms in total. The van der Waals surface area contributed by atoms with Crippen LogP contribution in [0.15, 0.2) is 60.7 Å². The molecular formula is C21H21BrN4O. The van der Waals surface area contributed by atoms with Crippen LogP contribution in [0.3, 0.4) is 0 Å². The second kappa shape index (κ2) is 7.40. The Labute approximate surface area is 168 Å². The average molecular weight is 425 g/mol. The number of hydrogen-bond acceptors (Lipinski definition) is 2. The van der Waals surface area contributed by atoms with Crippen LogP contribution in [0.5, 0.6) is 0 Å². The normalized spacial score (nSPS) is 12.5. The van der Waals surface area contributed by atoms with Crippen molar-refractivity contribution in [2.45, 2.75) is 20.4 Å². The summed E-state index contributed by atoms with van der Waals surface area (Å²) in [5.74, 6) is 0.110. The first kappa shape index (κ1) is 18.9. The fraction of sp³-hybridized carbons (Fsp3) is 0.143. The van der Waals surface area contributed by atoms with Crippen LogP contribution in [0.25, 0.3) is 5.69 Å². The minimum absolute atomic E-state index is 0. The van der Waals surface area contributed by atoms with Crippen LogP contribution >= 0.6 is 17.0 Å². The fourth-order valence-electron chi connectivity index (χ4n) is 3.40. The Balaban J connectivity index is 0.00000210. The molecule has 1 aromatic heterocycles. The molecule has 27 heavy (non-hydrogen) atoms. The van der Waals surface area contributed by atoms with Gasteiger partial charge in [-0.25, -0.2) is 0 Å². The molecule has 2 heterocycles. The second-order valence-corrected chi connectivity index (χ2v) is 6.53. The monoisotopic (exact) mass is 424 g/mol. The Morgan fingerprint density at radius 1 is 0.963 bits per heavy atom. The standard InChI is InChI=1S/C21H20N4O.BrH/c1-14-7-8-15(2)25(14)18-11-9-16(10-12-18)21(26)23-24-13-17-5-3-4-6-19(17)20(24)22;/h3-12,22H,13H2,1-2H3,(H,23,26);1H. The molecule has 0 bridgehead atoms. The van der Waals surface area contributed by atoms with Crippen molar-refractivity contribution in [3.05, 3.63) is 88.7 Å². The number of rotatable bonds is 3. The van der Waals surface area contributed by atoms with Gasteiger partial charge in [0.2, 0.25) is 0 Å². The highest BCUT2D eigenvalue weighted by atomic mass is 79.9. The highest BCUT2D eigenvalue weighted by Crippen LogP contribution is 2.21. The third kappa shape index (κ3) is 3.40. The number of hydrogen-bond donors (Lipinski definition) is 2. The molecule has 0 saturated heterocycles. The molecule has 0 unspecified atom stereocenters. The van der Waals surface area contributed by atoms with Gasteiger partial charge in [-0.3, -0.25) is 20.6 Å². The van der Waals surface area contributed by atoms with E-state index in [4.69, 9.17) is 5.41 Å². The molecule has 3 aromatic rings. The van der Waals surface area contributed by atoms with Gasteiger partial charge < -0.3 is 4.57 Å². The summed E-state index contributed by atoms with van der Waals surface area (Å²) in [6, 6.07) is 19.4. The molecule has 138 valence electrons. The number of fused-ring (bicyclic) bond motifs is 1. The highest BCUT2D eigenvalue weighted by Gasteiger charge is 2.25. The van der Waals surface area contributed by atoms with Gasteiger partial charge in [0.15, 0.2) is 0 Å². The van der Waals surface area contributed by atoms with Crippen molar-refractivity contribution in [2.24, 2.45) is 0 Å². The third-order valence-electron chi connectivity index (χ3n) is 4.77. The van der Waals surface area contributed by atoms with E-state index in [1.165, 1.54) is 0 Å². The Morgan fingerprint density at radius 3 is 2.22 bits per heavy atom. The molecule has 2 N–H and O–H groups in total. The van der Waals surface area contributed by atoms with E-state index in [1.807, 2.05) is 48.5 Å². The minimum atomic E-state index is -0.213. The van der Waals surface area contributed by atoms with Crippen LogP contribution in [-0.4, -0.2) is 21.3 Å². The lowest BCUT2D eigenvalue weighted by atomic mass is 10.1. The van der Waals surface area contributed by atoms with E-state index >= 15 is 0 Å². The van der Waals surface area contributed by atoms with Crippen molar-refractivity contribution in [2.75, 3.05) is 0 Å². The highest BCUT2D eigenvalue weighted by molar-refractivity contribution is 8.93. The van der Waals surface area contributed by atoms with Gasteiger partial charge in [0.25, 0.3) is 5.91 Å². The average Bonchev–Trinajstić information content (AvgIpc) is 3.15. The van der Waals surface area contributed by atoms with Gasteiger partial charge >= 0.3 is 0 Å². The number of aromatic nitrogens is 1. The molecule has 6 heteroatoms. The van der Waals surface area contributed by atoms with Gasteiger partial charge in [0.05, 0.1) is 6.54 Å². The van der Waals surface area contributed by atoms with E-state index in [9.17, 15) is 4.79 Å². The molecule has 4 rings (SSSR count). The van der Waals surface area contributed by atoms with Crippen LogP contribution < -0.4 is 5.43 Å². The molecule has 2 aromatic carbocycles. The zero-order valence-electron chi connectivity index (χ0n) is 15.2. The summed E-state index contributed by atoms with van der Waals surface area (Å²) in [6.07, 6.45) is 0. The van der Waals surface area contributed by atoms with E-state index in [1.54, 1.807) is 5.01 Å². The van der Waals surface area contributed by atoms with E-state index < -0.39 is 0 Å². The van der Waals surface area contributed by atoms with E-state index in [0.717, 1.165) is 28.2 Å². The SMILES string of the molecule is Br.Cc1ccc(C)n1-c1ccc(C(=O)NN2Cc3ccccc3C2=N)cc1. The van der Waals surface area contributed by atoms with Gasteiger partial charge in [-0.05, 0) is 55.8 Å². The predicted molar refractivity (Wildman–Crippen MR) is 112 cm³/mol. The van der Waals surface area contributed by atoms with Crippen LogP contribution in [0.4, 0.5) is 0 Å². The Morgan fingerprint density at radius 2 is 1.59 bits per heavy atom. The first-order valence-corrected chi connectivity index (χ1v) is 8.55. The number of carbonyl (C=O) groups is 1. The summed E-state index contributed by atoms with van der Waals surface area (Å²) in [5, 5.41) is 9.81. The predicted octanol–water partition coefficient (Wildman–Crippen LogP) is 4.16. The van der Waals surface area contributed by atoms with Crippen molar-refractivity contribution in [3.63, 3.8) is 0 Å². The Hall–Kier alpha value is -2.86. The van der Waals surface area contributed by atoms with Gasteiger partial charge in [0, 0.05) is 28.2 Å². The summed E-state index contributed by atoms with van der Waals surface area (Å²) >= 11 is 0. The number of carbonyl (C=O) groups excluding carboxylic acids is 1. The Bertz CT molecular complexity index is 988. The first-order chi connectivity index (χ1) is 12.5. The lowest BCUT2D eigenvalue weighted by Gasteiger charge is -2.19. The van der Waals surface area contributed by atoms with E-state index in [2.05, 4.69) is 36.0 Å². The molecular weight excluding hydrogens is 404 g/mol. The van der Waals surface area contributed by atoms with Crippen molar-refractivity contribution in [1.29, 1.82) is 5.41 Å². The fourth-order valence-corrected chi connectivity index (χ4v) is 3.40. The van der Waals surface area contributed by atoms with Crippen molar-refractivity contribution in [1.82, 2.24) is 15.0 Å². The molecule has 0 radical (unpaired) electrons. The molecule has 1 aliphatic heterocycles. The lowest BCUT2D eigenvalue weighted by molar-refractivity contribution is 0.0869. The third-order valence-corrected chi connectivity index (χ3v) is 4.77. The molecule has 0 fully saturated rings. The molecule has 0 atom stereocenters. The number of halogens is 1. The molecule has 0 spiro atoms. The van der Waals surface area contributed by atoms with Gasteiger partial charge in [-0.2, -0.15) is 0 Å². The number of hydrazine groups is 1. The molecule has 1 amide bonds. The number of nitrogens with one attached hydrogen (secondary N) is 2. The number of benzene rings is 2. The summed E-state index contributed by atoms with van der Waals surface area (Å²) in [7, 11) is 0. The van der Waals surface area contributed by atoms with Crippen LogP contribution in [-0.2, 0) is 6.54 Å². The van der Waals surface area contributed by atoms with Crippen molar-refractivity contribution >= 4 is 28.7 Å². The van der Waals surface area contributed by atoms with E-state index in [-0.39, 0.29) is 22.9 Å². The van der Waals surface area contributed by atoms with Crippen LogP contribution in [0.2, 0.25) is 0 Å². The lowest BCUT2D eigenvalue weighted by Crippen LogP contribution is -2.42. The Kier molecular flexibility index (Phi) is 5.19. The molecule has 1 aliphatic rings. The van der Waals surface area contributed by atoms with Gasteiger partial charge in [0.1, 0.15) is 5.84 Å². The minimum Gasteiger partial charge on any atom is -0.319 e. The maximum absolute atomic E-state index is 12.6. The number of aryl methyl sites for hydroxylation is 2. The number of nitrogens with zero attached hydrogens (tertiary/aromatic N) is 2. The van der Waals surface area contributed by atoms with Crippen LogP contribution in [0.1, 0.15) is 32.9 Å². The quantitative estimate of drug-likeness (QED) is 0.662. The number of amidine groups is 1. The topological polar surface area (TPSA) is 61.1 Å². The smallest absolute Gasteiger partial charge is 0.269 e.